The highest BCUT2D eigenvalue weighted by molar-refractivity contribution is 7.99. The largest absolute Gasteiger partial charge is 0.364 e. The fourth-order valence-corrected chi connectivity index (χ4v) is 4.39. The lowest BCUT2D eigenvalue weighted by Gasteiger charge is -2.37. The number of carbonyl (C=O) groups excluding carboxylic acids is 1. The van der Waals surface area contributed by atoms with Gasteiger partial charge in [-0.1, -0.05) is 18.0 Å². The van der Waals surface area contributed by atoms with Crippen molar-refractivity contribution in [1.82, 2.24) is 20.3 Å². The maximum atomic E-state index is 12.5. The maximum absolute atomic E-state index is 12.5. The van der Waals surface area contributed by atoms with Crippen LogP contribution in [-0.4, -0.2) is 64.7 Å². The number of nitrogens with one attached hydrogen (secondary N) is 1. The van der Waals surface area contributed by atoms with E-state index in [2.05, 4.69) is 21.6 Å². The Bertz CT molecular complexity index is 488. The van der Waals surface area contributed by atoms with E-state index in [-0.39, 0.29) is 6.03 Å². The summed E-state index contributed by atoms with van der Waals surface area (Å²) in [7, 11) is 0. The van der Waals surface area contributed by atoms with Gasteiger partial charge in [-0.05, 0) is 19.1 Å². The molecule has 1 saturated heterocycles. The van der Waals surface area contributed by atoms with Crippen LogP contribution in [0.3, 0.4) is 0 Å². The summed E-state index contributed by atoms with van der Waals surface area (Å²) in [5.74, 6) is 0. The van der Waals surface area contributed by atoms with Crippen LogP contribution in [0.15, 0.2) is 16.9 Å². The SMILES string of the molecule is CS[C@H]1CCCC[C@@H]1NC(=O)N1CCN(Cc2ccon2)CC1. The number of aromatic nitrogens is 1. The van der Waals surface area contributed by atoms with E-state index in [0.717, 1.165) is 44.8 Å². The van der Waals surface area contributed by atoms with Gasteiger partial charge in [-0.2, -0.15) is 11.8 Å². The highest BCUT2D eigenvalue weighted by Crippen LogP contribution is 2.27. The molecule has 6 nitrogen and oxygen atoms in total. The molecule has 0 bridgehead atoms. The van der Waals surface area contributed by atoms with Crippen molar-refractivity contribution in [1.29, 1.82) is 0 Å². The lowest BCUT2D eigenvalue weighted by molar-refractivity contribution is 0.130. The molecule has 3 rings (SSSR count). The number of rotatable bonds is 4. The van der Waals surface area contributed by atoms with E-state index >= 15 is 0 Å². The van der Waals surface area contributed by atoms with Gasteiger partial charge in [-0.15, -0.1) is 0 Å². The van der Waals surface area contributed by atoms with Gasteiger partial charge in [0, 0.05) is 50.1 Å². The van der Waals surface area contributed by atoms with E-state index in [1.165, 1.54) is 19.3 Å². The summed E-state index contributed by atoms with van der Waals surface area (Å²) < 4.78 is 4.87. The Hall–Kier alpha value is -1.21. The molecular weight excluding hydrogens is 312 g/mol. The first-order valence-electron chi connectivity index (χ1n) is 8.46. The fraction of sp³-hybridized carbons (Fsp3) is 0.750. The molecule has 2 atom stereocenters. The molecule has 0 spiro atoms. The number of hydrogen-bond acceptors (Lipinski definition) is 5. The monoisotopic (exact) mass is 338 g/mol. The number of piperazine rings is 1. The van der Waals surface area contributed by atoms with E-state index < -0.39 is 0 Å². The van der Waals surface area contributed by atoms with Crippen LogP contribution in [0.4, 0.5) is 4.79 Å². The minimum absolute atomic E-state index is 0.108. The van der Waals surface area contributed by atoms with E-state index in [9.17, 15) is 4.79 Å². The first-order chi connectivity index (χ1) is 11.3. The molecule has 23 heavy (non-hydrogen) atoms. The molecule has 2 heterocycles. The van der Waals surface area contributed by atoms with E-state index in [1.54, 1.807) is 6.26 Å². The zero-order valence-corrected chi connectivity index (χ0v) is 14.6. The van der Waals surface area contributed by atoms with Gasteiger partial charge >= 0.3 is 6.03 Å². The molecule has 7 heteroatoms. The quantitative estimate of drug-likeness (QED) is 0.912. The Kier molecular flexibility index (Phi) is 5.83. The number of carbonyl (C=O) groups is 1. The Morgan fingerprint density at radius 1 is 1.35 bits per heavy atom. The highest BCUT2D eigenvalue weighted by atomic mass is 32.2. The van der Waals surface area contributed by atoms with Crippen LogP contribution in [0.2, 0.25) is 0 Å². The van der Waals surface area contributed by atoms with Gasteiger partial charge in [0.25, 0.3) is 0 Å². The Balaban J connectivity index is 1.44. The van der Waals surface area contributed by atoms with Crippen molar-refractivity contribution in [2.75, 3.05) is 32.4 Å². The number of urea groups is 1. The minimum Gasteiger partial charge on any atom is -0.364 e. The molecule has 1 N–H and O–H groups in total. The van der Waals surface area contributed by atoms with Crippen molar-refractivity contribution in [2.45, 2.75) is 43.5 Å². The number of amides is 2. The van der Waals surface area contributed by atoms with Gasteiger partial charge in [-0.25, -0.2) is 4.79 Å². The van der Waals surface area contributed by atoms with E-state index in [4.69, 9.17) is 4.52 Å². The zero-order chi connectivity index (χ0) is 16.1. The van der Waals surface area contributed by atoms with Crippen LogP contribution in [0.1, 0.15) is 31.4 Å². The van der Waals surface area contributed by atoms with Crippen molar-refractivity contribution < 1.29 is 9.32 Å². The molecule has 1 aromatic heterocycles. The number of thioether (sulfide) groups is 1. The molecule has 128 valence electrons. The molecular formula is C16H26N4O2S. The summed E-state index contributed by atoms with van der Waals surface area (Å²) in [6, 6.07) is 2.33. The van der Waals surface area contributed by atoms with Crippen molar-refractivity contribution in [2.24, 2.45) is 0 Å². The normalized spacial score (nSPS) is 26.2. The Morgan fingerprint density at radius 3 is 2.83 bits per heavy atom. The second-order valence-electron chi connectivity index (χ2n) is 6.37. The van der Waals surface area contributed by atoms with Crippen LogP contribution >= 0.6 is 11.8 Å². The number of nitrogens with zero attached hydrogens (tertiary/aromatic N) is 3. The average molecular weight is 338 g/mol. The summed E-state index contributed by atoms with van der Waals surface area (Å²) >= 11 is 1.89. The Labute approximate surface area is 141 Å². The predicted molar refractivity (Wildman–Crippen MR) is 91.4 cm³/mol. The van der Waals surface area contributed by atoms with E-state index in [0.29, 0.717) is 11.3 Å². The lowest BCUT2D eigenvalue weighted by Crippen LogP contribution is -2.55. The summed E-state index contributed by atoms with van der Waals surface area (Å²) in [4.78, 5) is 16.8. The molecule has 1 aliphatic carbocycles. The van der Waals surface area contributed by atoms with Gasteiger partial charge in [0.15, 0.2) is 0 Å². The smallest absolute Gasteiger partial charge is 0.317 e. The van der Waals surface area contributed by atoms with Crippen molar-refractivity contribution in [3.8, 4) is 0 Å². The standard InChI is InChI=1S/C16H26N4O2S/c1-23-15-5-3-2-4-14(15)17-16(21)20-9-7-19(8-10-20)12-13-6-11-22-18-13/h6,11,14-15H,2-5,7-10,12H2,1H3,(H,17,21)/t14-,15-/m0/s1. The summed E-state index contributed by atoms with van der Waals surface area (Å²) in [6.07, 6.45) is 8.61. The van der Waals surface area contributed by atoms with Crippen LogP contribution in [0.25, 0.3) is 0 Å². The van der Waals surface area contributed by atoms with Crippen molar-refractivity contribution in [3.63, 3.8) is 0 Å². The van der Waals surface area contributed by atoms with Gasteiger partial charge in [-0.3, -0.25) is 4.90 Å². The third-order valence-corrected chi connectivity index (χ3v) is 6.02. The average Bonchev–Trinajstić information content (AvgIpc) is 3.09. The number of hydrogen-bond donors (Lipinski definition) is 1. The first-order valence-corrected chi connectivity index (χ1v) is 9.75. The molecule has 2 amide bonds. The first kappa shape index (κ1) is 16.6. The van der Waals surface area contributed by atoms with Crippen LogP contribution in [0, 0.1) is 0 Å². The van der Waals surface area contributed by atoms with E-state index in [1.807, 2.05) is 22.7 Å². The molecule has 2 fully saturated rings. The third kappa shape index (κ3) is 4.41. The molecule has 0 radical (unpaired) electrons. The highest BCUT2D eigenvalue weighted by Gasteiger charge is 2.28. The van der Waals surface area contributed by atoms with Crippen molar-refractivity contribution >= 4 is 17.8 Å². The lowest BCUT2D eigenvalue weighted by atomic mass is 9.95. The summed E-state index contributed by atoms with van der Waals surface area (Å²) in [6.45, 7) is 4.12. The van der Waals surface area contributed by atoms with Crippen LogP contribution in [-0.2, 0) is 6.54 Å². The molecule has 1 saturated carbocycles. The molecule has 0 unspecified atom stereocenters. The fourth-order valence-electron chi connectivity index (χ4n) is 3.45. The maximum Gasteiger partial charge on any atom is 0.317 e. The second-order valence-corrected chi connectivity index (χ2v) is 7.45. The summed E-state index contributed by atoms with van der Waals surface area (Å²) in [5.41, 5.74) is 0.952. The second kappa shape index (κ2) is 8.06. The van der Waals surface area contributed by atoms with Gasteiger partial charge in [0.2, 0.25) is 0 Å². The third-order valence-electron chi connectivity index (χ3n) is 4.85. The molecule has 1 aromatic rings. The van der Waals surface area contributed by atoms with Crippen LogP contribution < -0.4 is 5.32 Å². The van der Waals surface area contributed by atoms with Crippen LogP contribution in [0.5, 0.6) is 0 Å². The Morgan fingerprint density at radius 2 is 2.13 bits per heavy atom. The molecule has 2 aliphatic rings. The van der Waals surface area contributed by atoms with Gasteiger partial charge in [0.1, 0.15) is 6.26 Å². The predicted octanol–water partition coefficient (Wildman–Crippen LogP) is 2.18. The molecule has 0 aromatic carbocycles. The van der Waals surface area contributed by atoms with Crippen molar-refractivity contribution in [3.05, 3.63) is 18.0 Å². The topological polar surface area (TPSA) is 61.6 Å². The van der Waals surface area contributed by atoms with Gasteiger partial charge < -0.3 is 14.7 Å². The van der Waals surface area contributed by atoms with Gasteiger partial charge in [0.05, 0.1) is 5.69 Å². The minimum atomic E-state index is 0.108. The zero-order valence-electron chi connectivity index (χ0n) is 13.7. The summed E-state index contributed by atoms with van der Waals surface area (Å²) in [5, 5.41) is 7.79. The molecule has 1 aliphatic heterocycles.